The van der Waals surface area contributed by atoms with Crippen molar-refractivity contribution in [3.63, 3.8) is 0 Å². The third kappa shape index (κ3) is 3.45. The van der Waals surface area contributed by atoms with Crippen LogP contribution in [0.15, 0.2) is 35.2 Å². The standard InChI is InChI=1S/C13H15N3O3S/c1-9-7-11(16-15-9)8-14-13(17)10-3-5-12(6-4-10)20(2,18)19/h3-7H,8H2,1-2H3,(H,14,17)(H,15,16). The molecule has 106 valence electrons. The fraction of sp³-hybridized carbons (Fsp3) is 0.231. The lowest BCUT2D eigenvalue weighted by Crippen LogP contribution is -2.23. The quantitative estimate of drug-likeness (QED) is 0.881. The van der Waals surface area contributed by atoms with E-state index in [2.05, 4.69) is 15.5 Å². The van der Waals surface area contributed by atoms with Crippen LogP contribution in [0.25, 0.3) is 0 Å². The van der Waals surface area contributed by atoms with Gasteiger partial charge in [-0.1, -0.05) is 0 Å². The fourth-order valence-electron chi connectivity index (χ4n) is 1.69. The summed E-state index contributed by atoms with van der Waals surface area (Å²) in [5.41, 5.74) is 2.07. The number of hydrogen-bond donors (Lipinski definition) is 2. The van der Waals surface area contributed by atoms with E-state index in [9.17, 15) is 13.2 Å². The number of aromatic nitrogens is 2. The molecule has 0 bridgehead atoms. The molecular formula is C13H15N3O3S. The Kier molecular flexibility index (Phi) is 3.89. The van der Waals surface area contributed by atoms with Crippen molar-refractivity contribution < 1.29 is 13.2 Å². The van der Waals surface area contributed by atoms with E-state index in [1.807, 2.05) is 13.0 Å². The summed E-state index contributed by atoms with van der Waals surface area (Å²) in [5.74, 6) is -0.272. The van der Waals surface area contributed by atoms with E-state index in [0.717, 1.165) is 17.6 Å². The van der Waals surface area contributed by atoms with Gasteiger partial charge in [0.2, 0.25) is 0 Å². The van der Waals surface area contributed by atoms with Crippen LogP contribution in [0.4, 0.5) is 0 Å². The van der Waals surface area contributed by atoms with Gasteiger partial charge in [-0.3, -0.25) is 9.89 Å². The van der Waals surface area contributed by atoms with E-state index >= 15 is 0 Å². The van der Waals surface area contributed by atoms with Crippen LogP contribution >= 0.6 is 0 Å². The first-order chi connectivity index (χ1) is 9.36. The predicted molar refractivity (Wildman–Crippen MR) is 74.0 cm³/mol. The molecule has 20 heavy (non-hydrogen) atoms. The molecule has 1 aromatic carbocycles. The molecule has 2 aromatic rings. The van der Waals surface area contributed by atoms with Gasteiger partial charge >= 0.3 is 0 Å². The van der Waals surface area contributed by atoms with E-state index in [0.29, 0.717) is 12.1 Å². The number of H-pyrrole nitrogens is 1. The molecule has 0 atom stereocenters. The molecule has 7 heteroatoms. The predicted octanol–water partition coefficient (Wildman–Crippen LogP) is 1.05. The normalized spacial score (nSPS) is 11.3. The summed E-state index contributed by atoms with van der Waals surface area (Å²) in [6, 6.07) is 7.65. The first-order valence-electron chi connectivity index (χ1n) is 5.95. The fourth-order valence-corrected chi connectivity index (χ4v) is 2.32. The molecule has 0 aliphatic rings. The van der Waals surface area contributed by atoms with Crippen molar-refractivity contribution in [2.24, 2.45) is 0 Å². The minimum atomic E-state index is -3.24. The third-order valence-corrected chi connectivity index (χ3v) is 3.86. The molecule has 0 radical (unpaired) electrons. The van der Waals surface area contributed by atoms with E-state index in [1.165, 1.54) is 24.3 Å². The van der Waals surface area contributed by atoms with Crippen molar-refractivity contribution in [1.82, 2.24) is 15.5 Å². The molecule has 1 aromatic heterocycles. The molecule has 2 rings (SSSR count). The molecule has 1 heterocycles. The van der Waals surface area contributed by atoms with Gasteiger partial charge in [0.15, 0.2) is 9.84 Å². The highest BCUT2D eigenvalue weighted by molar-refractivity contribution is 7.90. The van der Waals surface area contributed by atoms with Gasteiger partial charge in [-0.2, -0.15) is 5.10 Å². The minimum absolute atomic E-state index is 0.192. The lowest BCUT2D eigenvalue weighted by atomic mass is 10.2. The van der Waals surface area contributed by atoms with E-state index in [-0.39, 0.29) is 10.8 Å². The Balaban J connectivity index is 2.02. The Bertz CT molecular complexity index is 718. The first kappa shape index (κ1) is 14.3. The molecule has 0 aliphatic heterocycles. The van der Waals surface area contributed by atoms with Gasteiger partial charge in [-0.25, -0.2) is 8.42 Å². The highest BCUT2D eigenvalue weighted by atomic mass is 32.2. The number of aromatic amines is 1. The number of amides is 1. The highest BCUT2D eigenvalue weighted by Crippen LogP contribution is 2.10. The molecule has 2 N–H and O–H groups in total. The smallest absolute Gasteiger partial charge is 0.251 e. The van der Waals surface area contributed by atoms with Gasteiger partial charge in [0, 0.05) is 17.5 Å². The molecule has 0 unspecified atom stereocenters. The van der Waals surface area contributed by atoms with Crippen molar-refractivity contribution in [2.45, 2.75) is 18.4 Å². The number of carbonyl (C=O) groups excluding carboxylic acids is 1. The molecule has 1 amide bonds. The largest absolute Gasteiger partial charge is 0.346 e. The Morgan fingerprint density at radius 1 is 1.30 bits per heavy atom. The number of nitrogens with zero attached hydrogens (tertiary/aromatic N) is 1. The lowest BCUT2D eigenvalue weighted by Gasteiger charge is -2.04. The van der Waals surface area contributed by atoms with Gasteiger partial charge < -0.3 is 5.32 Å². The maximum Gasteiger partial charge on any atom is 0.251 e. The third-order valence-electron chi connectivity index (χ3n) is 2.73. The summed E-state index contributed by atoms with van der Waals surface area (Å²) in [4.78, 5) is 12.1. The second-order valence-electron chi connectivity index (χ2n) is 4.52. The van der Waals surface area contributed by atoms with Crippen LogP contribution in [0.5, 0.6) is 0 Å². The summed E-state index contributed by atoms with van der Waals surface area (Å²) in [6.45, 7) is 2.19. The second kappa shape index (κ2) is 5.46. The zero-order chi connectivity index (χ0) is 14.8. The van der Waals surface area contributed by atoms with Crippen molar-refractivity contribution in [3.05, 3.63) is 47.3 Å². The van der Waals surface area contributed by atoms with E-state index < -0.39 is 9.84 Å². The van der Waals surface area contributed by atoms with E-state index in [4.69, 9.17) is 0 Å². The number of sulfone groups is 1. The molecule has 0 aliphatic carbocycles. The van der Waals surface area contributed by atoms with Gasteiger partial charge in [0.05, 0.1) is 17.1 Å². The zero-order valence-corrected chi connectivity index (χ0v) is 12.0. The lowest BCUT2D eigenvalue weighted by molar-refractivity contribution is 0.0950. The molecule has 0 spiro atoms. The number of rotatable bonds is 4. The van der Waals surface area contributed by atoms with Crippen molar-refractivity contribution in [3.8, 4) is 0 Å². The van der Waals surface area contributed by atoms with Crippen LogP contribution in [0.3, 0.4) is 0 Å². The monoisotopic (exact) mass is 293 g/mol. The van der Waals surface area contributed by atoms with E-state index in [1.54, 1.807) is 0 Å². The van der Waals surface area contributed by atoms with Crippen LogP contribution in [0, 0.1) is 6.92 Å². The highest BCUT2D eigenvalue weighted by Gasteiger charge is 2.10. The average molecular weight is 293 g/mol. The molecule has 0 saturated heterocycles. The molecule has 0 saturated carbocycles. The number of aryl methyl sites for hydroxylation is 1. The van der Waals surface area contributed by atoms with Crippen molar-refractivity contribution in [1.29, 1.82) is 0 Å². The summed E-state index contributed by atoms with van der Waals surface area (Å²) in [5, 5.41) is 9.51. The number of hydrogen-bond acceptors (Lipinski definition) is 4. The van der Waals surface area contributed by atoms with Crippen LogP contribution in [0.1, 0.15) is 21.7 Å². The number of carbonyl (C=O) groups is 1. The maximum absolute atomic E-state index is 11.9. The Morgan fingerprint density at radius 2 is 1.95 bits per heavy atom. The molecule has 6 nitrogen and oxygen atoms in total. The Morgan fingerprint density at radius 3 is 2.45 bits per heavy atom. The second-order valence-corrected chi connectivity index (χ2v) is 6.54. The Hall–Kier alpha value is -2.15. The summed E-state index contributed by atoms with van der Waals surface area (Å²) in [7, 11) is -3.24. The van der Waals surface area contributed by atoms with Gasteiger partial charge in [-0.05, 0) is 37.3 Å². The van der Waals surface area contributed by atoms with Crippen LogP contribution in [0.2, 0.25) is 0 Å². The van der Waals surface area contributed by atoms with Crippen LogP contribution < -0.4 is 5.32 Å². The van der Waals surface area contributed by atoms with Gasteiger partial charge in [0.1, 0.15) is 0 Å². The van der Waals surface area contributed by atoms with Gasteiger partial charge in [0.25, 0.3) is 5.91 Å². The van der Waals surface area contributed by atoms with Gasteiger partial charge in [-0.15, -0.1) is 0 Å². The zero-order valence-electron chi connectivity index (χ0n) is 11.2. The minimum Gasteiger partial charge on any atom is -0.346 e. The number of benzene rings is 1. The summed E-state index contributed by atoms with van der Waals surface area (Å²) < 4.78 is 22.6. The number of nitrogens with one attached hydrogen (secondary N) is 2. The average Bonchev–Trinajstić information content (AvgIpc) is 2.81. The van der Waals surface area contributed by atoms with Crippen molar-refractivity contribution in [2.75, 3.05) is 6.26 Å². The maximum atomic E-state index is 11.9. The van der Waals surface area contributed by atoms with Crippen molar-refractivity contribution >= 4 is 15.7 Å². The van der Waals surface area contributed by atoms with Crippen LogP contribution in [-0.4, -0.2) is 30.8 Å². The molecular weight excluding hydrogens is 278 g/mol. The SMILES string of the molecule is Cc1cc(CNC(=O)c2ccc(S(C)(=O)=O)cc2)n[nH]1. The summed E-state index contributed by atoms with van der Waals surface area (Å²) in [6.07, 6.45) is 1.13. The molecule has 0 fully saturated rings. The Labute approximate surface area is 117 Å². The first-order valence-corrected chi connectivity index (χ1v) is 7.84. The topological polar surface area (TPSA) is 91.9 Å². The van der Waals surface area contributed by atoms with Crippen LogP contribution in [-0.2, 0) is 16.4 Å². The summed E-state index contributed by atoms with van der Waals surface area (Å²) >= 11 is 0.